The number of anilines is 1. The van der Waals surface area contributed by atoms with Crippen LogP contribution >= 0.6 is 0 Å². The molecule has 7 heteroatoms. The van der Waals surface area contributed by atoms with Crippen molar-refractivity contribution in [2.24, 2.45) is 0 Å². The summed E-state index contributed by atoms with van der Waals surface area (Å²) in [6, 6.07) is 3.38. The van der Waals surface area contributed by atoms with E-state index in [1.165, 1.54) is 6.07 Å². The molecule has 1 N–H and O–H groups in total. The monoisotopic (exact) mass is 262 g/mol. The van der Waals surface area contributed by atoms with Crippen LogP contribution in [0.3, 0.4) is 0 Å². The number of nitrogens with zero attached hydrogens (tertiary/aromatic N) is 4. The van der Waals surface area contributed by atoms with Gasteiger partial charge in [-0.1, -0.05) is 0 Å². The maximum Gasteiger partial charge on any atom is 0.356 e. The Kier molecular flexibility index (Phi) is 2.81. The molecule has 0 spiro atoms. The van der Waals surface area contributed by atoms with Gasteiger partial charge in [-0.25, -0.2) is 4.79 Å². The second-order valence-electron chi connectivity index (χ2n) is 4.81. The van der Waals surface area contributed by atoms with Crippen LogP contribution < -0.4 is 4.90 Å². The molecule has 3 heterocycles. The Bertz CT molecular complexity index is 516. The fourth-order valence-electron chi connectivity index (χ4n) is 2.68. The number of amides is 1. The van der Waals surface area contributed by atoms with Gasteiger partial charge in [0, 0.05) is 32.1 Å². The summed E-state index contributed by atoms with van der Waals surface area (Å²) >= 11 is 0. The number of fused-ring (bicyclic) bond motifs is 1. The molecule has 0 radical (unpaired) electrons. The number of aromatic nitrogens is 2. The first-order valence-electron chi connectivity index (χ1n) is 6.26. The Morgan fingerprint density at radius 2 is 2.16 bits per heavy atom. The first-order chi connectivity index (χ1) is 9.15. The lowest BCUT2D eigenvalue weighted by Crippen LogP contribution is -2.51. The summed E-state index contributed by atoms with van der Waals surface area (Å²) in [6.45, 7) is 2.15. The van der Waals surface area contributed by atoms with Gasteiger partial charge in [0.15, 0.2) is 11.5 Å². The van der Waals surface area contributed by atoms with Crippen LogP contribution in [0.2, 0.25) is 0 Å². The van der Waals surface area contributed by atoms with Crippen LogP contribution in [0.5, 0.6) is 0 Å². The molecule has 2 saturated heterocycles. The molecule has 1 atom stereocenters. The highest BCUT2D eigenvalue weighted by atomic mass is 16.4. The molecule has 1 unspecified atom stereocenters. The zero-order chi connectivity index (χ0) is 13.4. The molecule has 1 aromatic heterocycles. The fourth-order valence-corrected chi connectivity index (χ4v) is 2.68. The van der Waals surface area contributed by atoms with Crippen molar-refractivity contribution >= 4 is 17.7 Å². The predicted octanol–water partition coefficient (Wildman–Crippen LogP) is -0.0142. The minimum atomic E-state index is -1.08. The molecule has 7 nitrogen and oxygen atoms in total. The lowest BCUT2D eigenvalue weighted by Gasteiger charge is -2.37. The molecule has 2 aliphatic rings. The first kappa shape index (κ1) is 11.9. The van der Waals surface area contributed by atoms with Crippen molar-refractivity contribution < 1.29 is 14.7 Å². The van der Waals surface area contributed by atoms with E-state index in [1.54, 1.807) is 6.07 Å². The maximum absolute atomic E-state index is 11.6. The molecule has 0 aromatic carbocycles. The van der Waals surface area contributed by atoms with E-state index in [2.05, 4.69) is 15.1 Å². The molecule has 2 fully saturated rings. The van der Waals surface area contributed by atoms with Gasteiger partial charge in [-0.2, -0.15) is 0 Å². The highest BCUT2D eigenvalue weighted by Crippen LogP contribution is 2.25. The van der Waals surface area contributed by atoms with Gasteiger partial charge in [0.2, 0.25) is 5.91 Å². The molecule has 1 amide bonds. The Morgan fingerprint density at radius 1 is 1.32 bits per heavy atom. The smallest absolute Gasteiger partial charge is 0.356 e. The number of carbonyl (C=O) groups excluding carboxylic acids is 1. The molecule has 100 valence electrons. The SMILES string of the molecule is O=C(O)c1ccc(N2CCN3C(=O)CCC3C2)nn1. The van der Waals surface area contributed by atoms with Gasteiger partial charge < -0.3 is 14.9 Å². The summed E-state index contributed by atoms with van der Waals surface area (Å²) < 4.78 is 0. The fraction of sp³-hybridized carbons (Fsp3) is 0.500. The van der Waals surface area contributed by atoms with Crippen molar-refractivity contribution in [1.29, 1.82) is 0 Å². The van der Waals surface area contributed by atoms with Crippen LogP contribution in [0.4, 0.5) is 5.82 Å². The van der Waals surface area contributed by atoms with E-state index < -0.39 is 5.97 Å². The highest BCUT2D eigenvalue weighted by molar-refractivity contribution is 5.85. The van der Waals surface area contributed by atoms with Gasteiger partial charge in [0.1, 0.15) is 0 Å². The molecule has 0 saturated carbocycles. The number of carboxylic acids is 1. The second-order valence-corrected chi connectivity index (χ2v) is 4.81. The number of piperazine rings is 1. The topological polar surface area (TPSA) is 86.6 Å². The molecule has 3 rings (SSSR count). The lowest BCUT2D eigenvalue weighted by molar-refractivity contribution is -0.129. The van der Waals surface area contributed by atoms with E-state index in [9.17, 15) is 9.59 Å². The van der Waals surface area contributed by atoms with Crippen molar-refractivity contribution in [1.82, 2.24) is 15.1 Å². The van der Waals surface area contributed by atoms with E-state index in [-0.39, 0.29) is 17.6 Å². The molecular weight excluding hydrogens is 248 g/mol. The minimum absolute atomic E-state index is 0.0570. The highest BCUT2D eigenvalue weighted by Gasteiger charge is 2.35. The van der Waals surface area contributed by atoms with Crippen molar-refractivity contribution in [3.63, 3.8) is 0 Å². The van der Waals surface area contributed by atoms with E-state index in [0.29, 0.717) is 25.3 Å². The predicted molar refractivity (Wildman–Crippen MR) is 65.9 cm³/mol. The average Bonchev–Trinajstić information content (AvgIpc) is 2.80. The number of rotatable bonds is 2. The summed E-state index contributed by atoms with van der Waals surface area (Å²) in [5.41, 5.74) is -0.0570. The molecule has 1 aromatic rings. The number of carbonyl (C=O) groups is 2. The number of aromatic carboxylic acids is 1. The van der Waals surface area contributed by atoms with Gasteiger partial charge in [-0.15, -0.1) is 10.2 Å². The summed E-state index contributed by atoms with van der Waals surface area (Å²) in [5.74, 6) is -0.175. The average molecular weight is 262 g/mol. The molecule has 0 aliphatic carbocycles. The largest absolute Gasteiger partial charge is 0.476 e. The van der Waals surface area contributed by atoms with Gasteiger partial charge in [0.25, 0.3) is 0 Å². The van der Waals surface area contributed by atoms with Crippen molar-refractivity contribution in [2.45, 2.75) is 18.9 Å². The van der Waals surface area contributed by atoms with E-state index in [1.807, 2.05) is 4.90 Å². The van der Waals surface area contributed by atoms with Gasteiger partial charge in [-0.3, -0.25) is 4.79 Å². The Morgan fingerprint density at radius 3 is 2.84 bits per heavy atom. The third kappa shape index (κ3) is 2.11. The molecular formula is C12H14N4O3. The number of hydrogen-bond acceptors (Lipinski definition) is 5. The van der Waals surface area contributed by atoms with Gasteiger partial charge in [0.05, 0.1) is 0 Å². The van der Waals surface area contributed by atoms with Gasteiger partial charge in [-0.05, 0) is 18.6 Å². The van der Waals surface area contributed by atoms with Crippen LogP contribution in [-0.4, -0.2) is 57.8 Å². The van der Waals surface area contributed by atoms with Crippen LogP contribution in [0.15, 0.2) is 12.1 Å². The molecule has 19 heavy (non-hydrogen) atoms. The second kappa shape index (κ2) is 4.49. The van der Waals surface area contributed by atoms with E-state index >= 15 is 0 Å². The van der Waals surface area contributed by atoms with Crippen LogP contribution in [0.1, 0.15) is 23.3 Å². The van der Waals surface area contributed by atoms with Crippen LogP contribution in [0, 0.1) is 0 Å². The third-order valence-electron chi connectivity index (χ3n) is 3.69. The standard InChI is InChI=1S/C12H14N4O3/c17-11-4-1-8-7-15(5-6-16(8)11)10-3-2-9(12(18)19)13-14-10/h2-3,8H,1,4-7H2,(H,18,19). The van der Waals surface area contributed by atoms with Crippen LogP contribution in [-0.2, 0) is 4.79 Å². The summed E-state index contributed by atoms with van der Waals surface area (Å²) in [6.07, 6.45) is 1.51. The number of carboxylic acid groups (broad SMARTS) is 1. The summed E-state index contributed by atoms with van der Waals surface area (Å²) in [7, 11) is 0. The molecule has 0 bridgehead atoms. The zero-order valence-electron chi connectivity index (χ0n) is 10.3. The minimum Gasteiger partial charge on any atom is -0.476 e. The van der Waals surface area contributed by atoms with Gasteiger partial charge >= 0.3 is 5.97 Å². The summed E-state index contributed by atoms with van der Waals surface area (Å²) in [4.78, 5) is 26.3. The quantitative estimate of drug-likeness (QED) is 0.806. The van der Waals surface area contributed by atoms with Crippen molar-refractivity contribution in [3.05, 3.63) is 17.8 Å². The zero-order valence-corrected chi connectivity index (χ0v) is 10.3. The van der Waals surface area contributed by atoms with Crippen LogP contribution in [0.25, 0.3) is 0 Å². The Labute approximate surface area is 109 Å². The molecule has 2 aliphatic heterocycles. The van der Waals surface area contributed by atoms with E-state index in [0.717, 1.165) is 13.0 Å². The van der Waals surface area contributed by atoms with E-state index in [4.69, 9.17) is 5.11 Å². The lowest BCUT2D eigenvalue weighted by atomic mass is 10.1. The van der Waals surface area contributed by atoms with Crippen molar-refractivity contribution in [2.75, 3.05) is 24.5 Å². The Hall–Kier alpha value is -2.18. The summed E-state index contributed by atoms with van der Waals surface area (Å²) in [5, 5.41) is 16.4. The first-order valence-corrected chi connectivity index (χ1v) is 6.26. The van der Waals surface area contributed by atoms with Crippen molar-refractivity contribution in [3.8, 4) is 0 Å². The Balaban J connectivity index is 1.73. The maximum atomic E-state index is 11.6. The third-order valence-corrected chi connectivity index (χ3v) is 3.69. The normalized spacial score (nSPS) is 22.5. The number of hydrogen-bond donors (Lipinski definition) is 1.